The molecule has 0 bridgehead atoms. The van der Waals surface area contributed by atoms with Gasteiger partial charge < -0.3 is 5.11 Å². The highest BCUT2D eigenvalue weighted by Gasteiger charge is 2.40. The molecule has 2 unspecified atom stereocenters. The molecule has 1 saturated heterocycles. The molecule has 1 heterocycles. The van der Waals surface area contributed by atoms with Gasteiger partial charge in [0.05, 0.1) is 11.2 Å². The van der Waals surface area contributed by atoms with Gasteiger partial charge in [-0.3, -0.25) is 4.79 Å². The van der Waals surface area contributed by atoms with Crippen LogP contribution in [0.15, 0.2) is 0 Å². The molecule has 0 aromatic carbocycles. The average Bonchev–Trinajstić information content (AvgIpc) is 2.47. The summed E-state index contributed by atoms with van der Waals surface area (Å²) in [7, 11) is -3.31. The van der Waals surface area contributed by atoms with E-state index in [-0.39, 0.29) is 12.5 Å². The van der Waals surface area contributed by atoms with Crippen LogP contribution in [0, 0.1) is 11.8 Å². The van der Waals surface area contributed by atoms with Gasteiger partial charge in [0.15, 0.2) is 0 Å². The van der Waals surface area contributed by atoms with Crippen LogP contribution in [-0.4, -0.2) is 42.1 Å². The van der Waals surface area contributed by atoms with Gasteiger partial charge in [-0.1, -0.05) is 6.92 Å². The Morgan fingerprint density at radius 2 is 1.93 bits per heavy atom. The molecular formula is C9H17NO4S. The smallest absolute Gasteiger partial charge is 0.308 e. The highest BCUT2D eigenvalue weighted by Crippen LogP contribution is 2.26. The first-order valence-corrected chi connectivity index (χ1v) is 6.49. The lowest BCUT2D eigenvalue weighted by molar-refractivity contribution is -0.142. The summed E-state index contributed by atoms with van der Waals surface area (Å²) in [6, 6.07) is 0. The Hall–Kier alpha value is -0.620. The molecule has 1 N–H and O–H groups in total. The van der Waals surface area contributed by atoms with Gasteiger partial charge >= 0.3 is 5.97 Å². The molecule has 6 heteroatoms. The molecule has 1 aliphatic heterocycles. The van der Waals surface area contributed by atoms with E-state index in [9.17, 15) is 13.2 Å². The van der Waals surface area contributed by atoms with Crippen molar-refractivity contribution >= 4 is 16.0 Å². The predicted molar refractivity (Wildman–Crippen MR) is 55.9 cm³/mol. The van der Waals surface area contributed by atoms with Crippen molar-refractivity contribution in [3.63, 3.8) is 0 Å². The monoisotopic (exact) mass is 235 g/mol. The molecule has 0 saturated carbocycles. The lowest BCUT2D eigenvalue weighted by Gasteiger charge is -2.18. The van der Waals surface area contributed by atoms with Crippen LogP contribution in [0.4, 0.5) is 0 Å². The minimum absolute atomic E-state index is 0.108. The van der Waals surface area contributed by atoms with Crippen LogP contribution in [0.3, 0.4) is 0 Å². The fraction of sp³-hybridized carbons (Fsp3) is 0.889. The van der Waals surface area contributed by atoms with Gasteiger partial charge in [-0.25, -0.2) is 12.7 Å². The first-order valence-electron chi connectivity index (χ1n) is 4.98. The molecule has 1 aliphatic rings. The zero-order valence-electron chi connectivity index (χ0n) is 9.17. The number of rotatable bonds is 3. The van der Waals surface area contributed by atoms with Crippen LogP contribution in [0.1, 0.15) is 20.8 Å². The van der Waals surface area contributed by atoms with E-state index in [4.69, 9.17) is 5.11 Å². The van der Waals surface area contributed by atoms with Crippen LogP contribution in [0.2, 0.25) is 0 Å². The minimum atomic E-state index is -3.31. The fourth-order valence-corrected chi connectivity index (χ4v) is 3.16. The third-order valence-electron chi connectivity index (χ3n) is 2.85. The quantitative estimate of drug-likeness (QED) is 0.767. The first-order chi connectivity index (χ1) is 6.76. The Balaban J connectivity index is 2.83. The van der Waals surface area contributed by atoms with Gasteiger partial charge in [-0.2, -0.15) is 0 Å². The van der Waals surface area contributed by atoms with E-state index in [1.54, 1.807) is 20.8 Å². The van der Waals surface area contributed by atoms with Crippen molar-refractivity contribution in [2.45, 2.75) is 26.0 Å². The van der Waals surface area contributed by atoms with Crippen molar-refractivity contribution in [2.75, 3.05) is 13.1 Å². The first kappa shape index (κ1) is 12.4. The van der Waals surface area contributed by atoms with E-state index in [0.717, 1.165) is 0 Å². The van der Waals surface area contributed by atoms with Gasteiger partial charge in [0.1, 0.15) is 0 Å². The van der Waals surface area contributed by atoms with Crippen molar-refractivity contribution in [3.05, 3.63) is 0 Å². The standard InChI is InChI=1S/C9H17NO4S/c1-6(2)15(13,14)10-4-7(3)8(5-10)9(11)12/h6-8H,4-5H2,1-3H3,(H,11,12). The Morgan fingerprint density at radius 1 is 1.40 bits per heavy atom. The molecule has 5 nitrogen and oxygen atoms in total. The van der Waals surface area contributed by atoms with Crippen LogP contribution >= 0.6 is 0 Å². The van der Waals surface area contributed by atoms with Crippen molar-refractivity contribution in [1.82, 2.24) is 4.31 Å². The second-order valence-electron chi connectivity index (χ2n) is 4.33. The maximum Gasteiger partial charge on any atom is 0.308 e. The molecule has 0 aromatic heterocycles. The third-order valence-corrected chi connectivity index (χ3v) is 5.06. The van der Waals surface area contributed by atoms with Gasteiger partial charge in [0.25, 0.3) is 0 Å². The number of hydrogen-bond donors (Lipinski definition) is 1. The maximum atomic E-state index is 11.8. The zero-order chi connectivity index (χ0) is 11.8. The number of sulfonamides is 1. The Labute approximate surface area is 90.1 Å². The molecular weight excluding hydrogens is 218 g/mol. The molecule has 88 valence electrons. The number of nitrogens with zero attached hydrogens (tertiary/aromatic N) is 1. The number of aliphatic carboxylic acids is 1. The van der Waals surface area contributed by atoms with Crippen molar-refractivity contribution < 1.29 is 18.3 Å². The van der Waals surface area contributed by atoms with Gasteiger partial charge in [-0.15, -0.1) is 0 Å². The number of carbonyl (C=O) groups is 1. The highest BCUT2D eigenvalue weighted by atomic mass is 32.2. The van der Waals surface area contributed by atoms with Crippen LogP contribution in [0.25, 0.3) is 0 Å². The van der Waals surface area contributed by atoms with Gasteiger partial charge in [0.2, 0.25) is 10.0 Å². The second kappa shape index (κ2) is 4.09. The molecule has 0 aromatic rings. The van der Waals surface area contributed by atoms with E-state index in [2.05, 4.69) is 0 Å². The van der Waals surface area contributed by atoms with E-state index in [1.165, 1.54) is 4.31 Å². The van der Waals surface area contributed by atoms with Crippen LogP contribution in [-0.2, 0) is 14.8 Å². The summed E-state index contributed by atoms with van der Waals surface area (Å²) in [4.78, 5) is 10.8. The van der Waals surface area contributed by atoms with Crippen molar-refractivity contribution in [3.8, 4) is 0 Å². The van der Waals surface area contributed by atoms with Gasteiger partial charge in [0, 0.05) is 13.1 Å². The maximum absolute atomic E-state index is 11.8. The summed E-state index contributed by atoms with van der Waals surface area (Å²) in [6.07, 6.45) is 0. The SMILES string of the molecule is CC1CN(S(=O)(=O)C(C)C)CC1C(=O)O. The summed E-state index contributed by atoms with van der Waals surface area (Å²) < 4.78 is 24.9. The molecule has 0 spiro atoms. The Kier molecular flexibility index (Phi) is 3.40. The second-order valence-corrected chi connectivity index (χ2v) is 6.82. The summed E-state index contributed by atoms with van der Waals surface area (Å²) >= 11 is 0. The van der Waals surface area contributed by atoms with Crippen molar-refractivity contribution in [2.24, 2.45) is 11.8 Å². The lowest BCUT2D eigenvalue weighted by atomic mass is 9.99. The fourth-order valence-electron chi connectivity index (χ4n) is 1.75. The van der Waals surface area contributed by atoms with Crippen molar-refractivity contribution in [1.29, 1.82) is 0 Å². The largest absolute Gasteiger partial charge is 0.481 e. The zero-order valence-corrected chi connectivity index (χ0v) is 9.99. The Bertz CT molecular complexity index is 349. The molecule has 1 fully saturated rings. The number of hydrogen-bond acceptors (Lipinski definition) is 3. The van der Waals surface area contributed by atoms with Crippen LogP contribution < -0.4 is 0 Å². The minimum Gasteiger partial charge on any atom is -0.481 e. The molecule has 0 aliphatic carbocycles. The van der Waals surface area contributed by atoms with E-state index >= 15 is 0 Å². The normalized spacial score (nSPS) is 28.5. The molecule has 1 rings (SSSR count). The van der Waals surface area contributed by atoms with E-state index in [0.29, 0.717) is 6.54 Å². The summed E-state index contributed by atoms with van der Waals surface area (Å²) in [6.45, 7) is 5.41. The number of carboxylic acids is 1. The average molecular weight is 235 g/mol. The molecule has 15 heavy (non-hydrogen) atoms. The summed E-state index contributed by atoms with van der Waals surface area (Å²) in [5, 5.41) is 8.40. The summed E-state index contributed by atoms with van der Waals surface area (Å²) in [5.41, 5.74) is 0. The lowest BCUT2D eigenvalue weighted by Crippen LogP contribution is -2.35. The predicted octanol–water partition coefficient (Wildman–Crippen LogP) is 0.377. The van der Waals surface area contributed by atoms with E-state index in [1.807, 2.05) is 0 Å². The van der Waals surface area contributed by atoms with Crippen LogP contribution in [0.5, 0.6) is 0 Å². The van der Waals surface area contributed by atoms with E-state index < -0.39 is 27.2 Å². The molecule has 0 radical (unpaired) electrons. The topological polar surface area (TPSA) is 74.7 Å². The van der Waals surface area contributed by atoms with Gasteiger partial charge in [-0.05, 0) is 19.8 Å². The third kappa shape index (κ3) is 2.31. The Morgan fingerprint density at radius 3 is 2.27 bits per heavy atom. The number of carboxylic acid groups (broad SMARTS) is 1. The highest BCUT2D eigenvalue weighted by molar-refractivity contribution is 7.89. The molecule has 2 atom stereocenters. The summed E-state index contributed by atoms with van der Waals surface area (Å²) in [5.74, 6) is -1.60. The molecule has 0 amide bonds.